The fraction of sp³-hybridized carbons (Fsp3) is 1.00. The summed E-state index contributed by atoms with van der Waals surface area (Å²) in [5, 5.41) is 0. The van der Waals surface area contributed by atoms with E-state index in [0.717, 1.165) is 0 Å². The fourth-order valence-electron chi connectivity index (χ4n) is 0. The number of hydrogen-bond acceptors (Lipinski definition) is 1. The maximum absolute atomic E-state index is 10.6. The zero-order valence-electron chi connectivity index (χ0n) is 7.32. The van der Waals surface area contributed by atoms with Gasteiger partial charge in [-0.2, -0.15) is 0 Å². The van der Waals surface area contributed by atoms with E-state index >= 15 is 0 Å². The van der Waals surface area contributed by atoms with Crippen molar-refractivity contribution in [1.29, 1.82) is 2.25 Å². The zero-order valence-corrected chi connectivity index (χ0v) is 3.13. The minimum absolute atomic E-state index is 0.615. The average molecular weight is 85.2 g/mol. The zero-order chi connectivity index (χ0) is 7.95. The van der Waals surface area contributed by atoms with Crippen LogP contribution < -0.4 is 0 Å². The third kappa shape index (κ3) is 126. The molecule has 0 saturated heterocycles. The molecule has 0 aliphatic heterocycles. The van der Waals surface area contributed by atoms with Crippen LogP contribution in [0.15, 0.2) is 0 Å². The van der Waals surface area contributed by atoms with Crippen LogP contribution in [-0.4, -0.2) is 18.9 Å². The van der Waals surface area contributed by atoms with E-state index in [1.54, 1.807) is 0 Å². The summed E-state index contributed by atoms with van der Waals surface area (Å²) in [7, 11) is -4.83. The summed E-state index contributed by atoms with van der Waals surface area (Å²) in [6, 6.07) is 0. The first-order chi connectivity index (χ1) is 3.51. The second kappa shape index (κ2) is 1.47. The van der Waals surface area contributed by atoms with Crippen molar-refractivity contribution < 1.29 is 8.32 Å². The monoisotopic (exact) mass is 85.1 g/mol. The Bertz CT molecular complexity index is 163. The molecule has 0 spiro atoms. The van der Waals surface area contributed by atoms with Gasteiger partial charge < -0.3 is 0 Å². The van der Waals surface area contributed by atoms with Crippen molar-refractivity contribution >= 4 is 10.6 Å². The standard InChI is InChI=1S/C2H8OS/c1-4(2)3/h4H2,1-2H3/i1D3,4D2. The van der Waals surface area contributed by atoms with Crippen molar-refractivity contribution in [3.05, 3.63) is 0 Å². The molecule has 2 heteroatoms. The van der Waals surface area contributed by atoms with Crippen molar-refractivity contribution in [2.45, 2.75) is 0 Å². The predicted octanol–water partition coefficient (Wildman–Crippen LogP) is -0.541. The Morgan fingerprint density at radius 3 is 2.75 bits per heavy atom. The second-order valence-corrected chi connectivity index (χ2v) is 1.36. The van der Waals surface area contributed by atoms with Gasteiger partial charge in [-0.1, -0.05) is 0 Å². The lowest BCUT2D eigenvalue weighted by atomic mass is 11.9. The molecular formula is C2H8OS. The predicted molar refractivity (Wildman–Crippen MR) is 22.8 cm³/mol. The molecule has 4 heavy (non-hydrogen) atoms. The lowest BCUT2D eigenvalue weighted by Crippen LogP contribution is -1.70. The smallest absolute Gasteiger partial charge is 0.112 e. The third-order valence-corrected chi connectivity index (χ3v) is 0. The first kappa shape index (κ1) is 0.620. The van der Waals surface area contributed by atoms with Gasteiger partial charge in [0.05, 0.1) is 0 Å². The summed E-state index contributed by atoms with van der Waals surface area (Å²) in [5.74, 6) is 0. The Morgan fingerprint density at radius 2 is 2.75 bits per heavy atom. The van der Waals surface area contributed by atoms with E-state index < -0.39 is 16.8 Å². The maximum atomic E-state index is 10.6. The molecule has 0 atom stereocenters. The number of rotatable bonds is 0. The highest BCUT2D eigenvalue weighted by Gasteiger charge is 1.49. The van der Waals surface area contributed by atoms with Gasteiger partial charge in [0.1, 0.15) is 2.25 Å². The Morgan fingerprint density at radius 1 is 2.50 bits per heavy atom. The molecule has 0 saturated carbocycles. The van der Waals surface area contributed by atoms with Gasteiger partial charge in [-0.15, -0.1) is 10.6 Å². The van der Waals surface area contributed by atoms with Crippen molar-refractivity contribution in [1.82, 2.24) is 0 Å². The highest BCUT2D eigenvalue weighted by Crippen LogP contribution is 1.47. The van der Waals surface area contributed by atoms with E-state index in [1.807, 2.05) is 0 Å². The van der Waals surface area contributed by atoms with Crippen molar-refractivity contribution in [2.75, 3.05) is 12.4 Å². The molecule has 0 amide bonds. The van der Waals surface area contributed by atoms with Gasteiger partial charge in [0.15, 0.2) is 0 Å². The molecule has 0 heterocycles. The van der Waals surface area contributed by atoms with E-state index in [2.05, 4.69) is 0 Å². The SMILES string of the molecule is [2H]C([2H])([2H])S([2H])([2H])(C)=O. The van der Waals surface area contributed by atoms with Gasteiger partial charge in [0.25, 0.3) is 0 Å². The molecule has 0 radical (unpaired) electrons. The van der Waals surface area contributed by atoms with E-state index in [9.17, 15) is 4.21 Å². The van der Waals surface area contributed by atoms with E-state index in [1.165, 1.54) is 0 Å². The summed E-state index contributed by atoms with van der Waals surface area (Å²) < 4.78 is 43.2. The third-order valence-electron chi connectivity index (χ3n) is 0. The van der Waals surface area contributed by atoms with Crippen LogP contribution in [0, 0.1) is 0 Å². The molecule has 28 valence electrons. The highest BCUT2D eigenvalue weighted by molar-refractivity contribution is 7.83. The van der Waals surface area contributed by atoms with Crippen molar-refractivity contribution in [3.63, 3.8) is 0 Å². The normalized spacial score (nSPS) is 43.2. The molecule has 0 rings (SSSR count). The molecule has 0 aromatic carbocycles. The summed E-state index contributed by atoms with van der Waals surface area (Å²) in [6.07, 6.45) is -2.37. The van der Waals surface area contributed by atoms with Crippen LogP contribution in [0.1, 0.15) is 4.11 Å². The molecule has 0 aliphatic carbocycles. The molecule has 0 aliphatic rings. The number of hydrogen-bond donors (Lipinski definition) is 0. The van der Waals surface area contributed by atoms with E-state index in [4.69, 9.17) is 6.36 Å². The van der Waals surface area contributed by atoms with E-state index in [-0.39, 0.29) is 0 Å². The Kier molecular flexibility index (Phi) is 0.227. The molecule has 0 fully saturated rings. The van der Waals surface area contributed by atoms with Gasteiger partial charge in [-0.3, -0.25) is 4.21 Å². The van der Waals surface area contributed by atoms with Crippen LogP contribution in [0.2, 0.25) is 0 Å². The van der Waals surface area contributed by atoms with Crippen LogP contribution in [-0.2, 0) is 10.6 Å². The van der Waals surface area contributed by atoms with Crippen LogP contribution in [0.3, 0.4) is 0 Å². The molecule has 0 N–H and O–H groups in total. The summed E-state index contributed by atoms with van der Waals surface area (Å²) in [4.78, 5) is 0. The summed E-state index contributed by atoms with van der Waals surface area (Å²) >= 11 is 0. The molecule has 0 aromatic heterocycles. The first-order valence-electron chi connectivity index (χ1n) is 3.10. The molecule has 0 bridgehead atoms. The molecule has 0 unspecified atom stereocenters. The second-order valence-electron chi connectivity index (χ2n) is 0.454. The molecule has 0 aromatic rings. The molecular weight excluding hydrogens is 72.1 g/mol. The summed E-state index contributed by atoms with van der Waals surface area (Å²) in [5.41, 5.74) is 0. The average Bonchev–Trinajstić information content (AvgIpc) is 1.20. The highest BCUT2D eigenvalue weighted by atomic mass is 32.2. The fourth-order valence-corrected chi connectivity index (χ4v) is 0. The van der Waals surface area contributed by atoms with Crippen molar-refractivity contribution in [3.8, 4) is 0 Å². The summed E-state index contributed by atoms with van der Waals surface area (Å²) in [6.45, 7) is 0. The first-order valence-corrected chi connectivity index (χ1v) is 2.34. The largest absolute Gasteiger partial charge is 0.288 e. The van der Waals surface area contributed by atoms with Crippen LogP contribution in [0.4, 0.5) is 0 Å². The molecule has 1 nitrogen and oxygen atoms in total. The minimum atomic E-state index is -4.83. The van der Waals surface area contributed by atoms with Gasteiger partial charge in [-0.05, 0) is 12.4 Å². The van der Waals surface area contributed by atoms with Crippen LogP contribution in [0.25, 0.3) is 0 Å². The van der Waals surface area contributed by atoms with Gasteiger partial charge in [0.2, 0.25) is 0 Å². The Balaban J connectivity index is 4.80. The van der Waals surface area contributed by atoms with E-state index in [0.29, 0.717) is 6.26 Å². The van der Waals surface area contributed by atoms with Crippen LogP contribution in [0.5, 0.6) is 0 Å². The minimum Gasteiger partial charge on any atom is -0.288 e. The maximum Gasteiger partial charge on any atom is 0.112 e. The van der Waals surface area contributed by atoms with Crippen molar-refractivity contribution in [2.24, 2.45) is 0 Å². The topological polar surface area (TPSA) is 17.1 Å². The lowest BCUT2D eigenvalue weighted by molar-refractivity contribution is 0.690. The quantitative estimate of drug-likeness (QED) is 0.386. The lowest BCUT2D eigenvalue weighted by Gasteiger charge is -1.68. The van der Waals surface area contributed by atoms with Gasteiger partial charge >= 0.3 is 0 Å². The Hall–Kier alpha value is 0.150. The van der Waals surface area contributed by atoms with Crippen LogP contribution >= 0.6 is 0 Å². The van der Waals surface area contributed by atoms with Gasteiger partial charge in [-0.25, -0.2) is 0 Å². The van der Waals surface area contributed by atoms with Gasteiger partial charge in [0, 0.05) is 4.11 Å². The Labute approximate surface area is 34.9 Å².